The van der Waals surface area contributed by atoms with Gasteiger partial charge in [0.15, 0.2) is 6.61 Å². The fourth-order valence-corrected chi connectivity index (χ4v) is 2.83. The Bertz CT molecular complexity index is 1240. The molecule has 3 aromatic rings. The molecule has 0 aliphatic rings. The minimum atomic E-state index is -6.34. The van der Waals surface area contributed by atoms with Gasteiger partial charge in [0.25, 0.3) is 0 Å². The second-order valence-corrected chi connectivity index (χ2v) is 7.42. The summed E-state index contributed by atoms with van der Waals surface area (Å²) in [5.41, 5.74) is 2.97. The van der Waals surface area contributed by atoms with Crippen LogP contribution in [0, 0.1) is 11.3 Å². The molecular formula is C24H15F8N3O. The van der Waals surface area contributed by atoms with Gasteiger partial charge in [-0.05, 0) is 59.7 Å². The maximum Gasteiger partial charge on any atom is 0.381 e. The highest BCUT2D eigenvalue weighted by Gasteiger charge is 2.75. The van der Waals surface area contributed by atoms with Crippen LogP contribution >= 0.6 is 0 Å². The maximum atomic E-state index is 13.6. The number of halogens is 8. The highest BCUT2D eigenvalue weighted by atomic mass is 19.4. The lowest BCUT2D eigenvalue weighted by Crippen LogP contribution is -2.59. The summed E-state index contributed by atoms with van der Waals surface area (Å²) in [5, 5.41) is 16.8. The predicted octanol–water partition coefficient (Wildman–Crippen LogP) is 8.19. The van der Waals surface area contributed by atoms with Gasteiger partial charge in [-0.1, -0.05) is 24.3 Å². The number of benzene rings is 3. The summed E-state index contributed by atoms with van der Waals surface area (Å²) in [6.07, 6.45) is -4.99. The summed E-state index contributed by atoms with van der Waals surface area (Å²) in [7, 11) is 0. The van der Waals surface area contributed by atoms with Gasteiger partial charge < -0.3 is 4.74 Å². The molecule has 0 aromatic heterocycles. The molecule has 0 aliphatic heterocycles. The quantitative estimate of drug-likeness (QED) is 0.214. The van der Waals surface area contributed by atoms with Crippen molar-refractivity contribution in [3.05, 3.63) is 78.4 Å². The summed E-state index contributed by atoms with van der Waals surface area (Å²) < 4.78 is 108. The fraction of sp³-hybridized carbons (Fsp3) is 0.208. The molecule has 12 heteroatoms. The summed E-state index contributed by atoms with van der Waals surface area (Å²) in [6, 6.07) is 20.4. The third-order valence-corrected chi connectivity index (χ3v) is 4.90. The zero-order valence-electron chi connectivity index (χ0n) is 18.0. The Morgan fingerprint density at radius 1 is 0.722 bits per heavy atom. The van der Waals surface area contributed by atoms with Gasteiger partial charge in [-0.25, -0.2) is 8.78 Å². The van der Waals surface area contributed by atoms with Crippen molar-refractivity contribution in [2.75, 3.05) is 6.61 Å². The smallest absolute Gasteiger partial charge is 0.381 e. The lowest BCUT2D eigenvalue weighted by Gasteiger charge is -2.31. The number of ether oxygens (including phenoxy) is 1. The van der Waals surface area contributed by atoms with Gasteiger partial charge in [0.1, 0.15) is 5.75 Å². The summed E-state index contributed by atoms with van der Waals surface area (Å²) in [6.45, 7) is -2.26. The van der Waals surface area contributed by atoms with E-state index in [9.17, 15) is 35.1 Å². The van der Waals surface area contributed by atoms with E-state index in [0.29, 0.717) is 11.3 Å². The van der Waals surface area contributed by atoms with Crippen molar-refractivity contribution in [2.45, 2.75) is 24.2 Å². The Morgan fingerprint density at radius 3 is 1.61 bits per heavy atom. The molecule has 188 valence electrons. The highest BCUT2D eigenvalue weighted by molar-refractivity contribution is 5.66. The van der Waals surface area contributed by atoms with Crippen molar-refractivity contribution in [1.29, 1.82) is 5.26 Å². The molecule has 4 nitrogen and oxygen atoms in total. The van der Waals surface area contributed by atoms with Crippen LogP contribution in [0.3, 0.4) is 0 Å². The second-order valence-electron chi connectivity index (χ2n) is 7.42. The molecule has 3 aromatic carbocycles. The largest absolute Gasteiger partial charge is 0.487 e. The first-order chi connectivity index (χ1) is 16.9. The van der Waals surface area contributed by atoms with Crippen LogP contribution in [0.5, 0.6) is 5.75 Å². The number of nitrogens with zero attached hydrogens (tertiary/aromatic N) is 3. The fourth-order valence-electron chi connectivity index (χ4n) is 2.83. The zero-order valence-corrected chi connectivity index (χ0v) is 18.0. The topological polar surface area (TPSA) is 57.7 Å². The molecule has 0 bridgehead atoms. The van der Waals surface area contributed by atoms with Gasteiger partial charge in [-0.2, -0.15) is 41.8 Å². The van der Waals surface area contributed by atoms with Crippen LogP contribution in [-0.4, -0.2) is 30.8 Å². The lowest BCUT2D eigenvalue weighted by atomic mass is 10.0. The zero-order chi connectivity index (χ0) is 26.6. The predicted molar refractivity (Wildman–Crippen MR) is 114 cm³/mol. The molecular weight excluding hydrogens is 498 g/mol. The van der Waals surface area contributed by atoms with E-state index in [-0.39, 0.29) is 5.69 Å². The SMILES string of the molecule is N#Cc1ccc(-c2ccc(/N=N/c3ccc(OCC(F)(F)C(F)(F)C(F)(F)C(F)F)cc3)cc2)cc1. The number of rotatable bonds is 9. The van der Waals surface area contributed by atoms with Crippen LogP contribution in [0.25, 0.3) is 11.1 Å². The Labute approximate surface area is 199 Å². The molecule has 0 spiro atoms. The van der Waals surface area contributed by atoms with Crippen molar-refractivity contribution in [2.24, 2.45) is 10.2 Å². The van der Waals surface area contributed by atoms with E-state index in [0.717, 1.165) is 23.3 Å². The first kappa shape index (κ1) is 26.6. The normalized spacial score (nSPS) is 12.7. The van der Waals surface area contributed by atoms with Gasteiger partial charge in [-0.15, -0.1) is 0 Å². The third-order valence-electron chi connectivity index (χ3n) is 4.90. The molecule has 0 saturated carbocycles. The molecule has 0 N–H and O–H groups in total. The summed E-state index contributed by atoms with van der Waals surface area (Å²) in [5.74, 6) is -18.6. The molecule has 0 atom stereocenters. The van der Waals surface area contributed by atoms with Crippen molar-refractivity contribution in [3.8, 4) is 22.9 Å². The van der Waals surface area contributed by atoms with Gasteiger partial charge >= 0.3 is 24.2 Å². The molecule has 0 radical (unpaired) electrons. The lowest BCUT2D eigenvalue weighted by molar-refractivity contribution is -0.342. The molecule has 0 aliphatic carbocycles. The molecule has 3 rings (SSSR count). The van der Waals surface area contributed by atoms with Crippen LogP contribution in [0.15, 0.2) is 83.0 Å². The van der Waals surface area contributed by atoms with Gasteiger partial charge in [-0.3, -0.25) is 0 Å². The van der Waals surface area contributed by atoms with Crippen molar-refractivity contribution >= 4 is 11.4 Å². The van der Waals surface area contributed by atoms with Crippen molar-refractivity contribution < 1.29 is 39.9 Å². The molecule has 36 heavy (non-hydrogen) atoms. The van der Waals surface area contributed by atoms with E-state index >= 15 is 0 Å². The van der Waals surface area contributed by atoms with Gasteiger partial charge in [0, 0.05) is 0 Å². The average Bonchev–Trinajstić information content (AvgIpc) is 2.87. The van der Waals surface area contributed by atoms with Crippen LogP contribution in [0.1, 0.15) is 5.56 Å². The van der Waals surface area contributed by atoms with Crippen molar-refractivity contribution in [3.63, 3.8) is 0 Å². The van der Waals surface area contributed by atoms with E-state index in [1.165, 1.54) is 12.1 Å². The van der Waals surface area contributed by atoms with E-state index in [2.05, 4.69) is 15.0 Å². The summed E-state index contributed by atoms with van der Waals surface area (Å²) in [4.78, 5) is 0. The number of azo groups is 1. The minimum absolute atomic E-state index is 0.222. The van der Waals surface area contributed by atoms with E-state index in [1.807, 2.05) is 6.07 Å². The Balaban J connectivity index is 1.61. The molecule has 0 amide bonds. The number of alkyl halides is 8. The Hall–Kier alpha value is -4.01. The van der Waals surface area contributed by atoms with Crippen molar-refractivity contribution in [1.82, 2.24) is 0 Å². The van der Waals surface area contributed by atoms with Crippen LogP contribution in [0.4, 0.5) is 46.5 Å². The monoisotopic (exact) mass is 513 g/mol. The third kappa shape index (κ3) is 5.62. The first-order valence-electron chi connectivity index (χ1n) is 10.0. The Kier molecular flexibility index (Phi) is 7.62. The van der Waals surface area contributed by atoms with Gasteiger partial charge in [0.05, 0.1) is 23.0 Å². The molecule has 0 saturated heterocycles. The Morgan fingerprint density at radius 2 is 1.17 bits per heavy atom. The second kappa shape index (κ2) is 10.3. The molecule has 0 unspecified atom stereocenters. The standard InChI is InChI=1S/C24H15F8N3O/c25-21(26)23(29,30)24(31,32)22(27,28)14-36-20-11-9-19(10-12-20)35-34-18-7-5-17(6-8-18)16-3-1-15(13-33)2-4-16/h1-12,21H,14H2/b35-34+. The van der Waals surface area contributed by atoms with Gasteiger partial charge in [0.2, 0.25) is 0 Å². The van der Waals surface area contributed by atoms with Crippen LogP contribution in [-0.2, 0) is 0 Å². The average molecular weight is 513 g/mol. The first-order valence-corrected chi connectivity index (χ1v) is 10.0. The van der Waals surface area contributed by atoms with E-state index in [4.69, 9.17) is 5.26 Å². The van der Waals surface area contributed by atoms with Crippen LogP contribution < -0.4 is 4.74 Å². The molecule has 0 heterocycles. The highest BCUT2D eigenvalue weighted by Crippen LogP contribution is 2.48. The number of nitriles is 1. The van der Waals surface area contributed by atoms with Crippen LogP contribution in [0.2, 0.25) is 0 Å². The number of hydrogen-bond donors (Lipinski definition) is 0. The maximum absolute atomic E-state index is 13.6. The number of hydrogen-bond acceptors (Lipinski definition) is 4. The van der Waals surface area contributed by atoms with E-state index < -0.39 is 36.5 Å². The van der Waals surface area contributed by atoms with E-state index in [1.54, 1.807) is 48.5 Å². The summed E-state index contributed by atoms with van der Waals surface area (Å²) >= 11 is 0. The minimum Gasteiger partial charge on any atom is -0.487 e. The molecule has 0 fully saturated rings.